The average molecular weight is 378 g/mol. The van der Waals surface area contributed by atoms with Crippen molar-refractivity contribution in [2.24, 2.45) is 0 Å². The van der Waals surface area contributed by atoms with E-state index in [2.05, 4.69) is 0 Å². The minimum Gasteiger partial charge on any atom is -0.493 e. The standard InChI is InChI=1S/C18H13Cl2NO4/c1-24-16-4-2-3-12(8-13(9-21)18(22)23)17(16)25-10-11-5-6-14(19)15(20)7-11/h2-8H,10H2,1H3,(H,22,23). The normalized spacial score (nSPS) is 10.9. The zero-order valence-corrected chi connectivity index (χ0v) is 14.6. The zero-order valence-electron chi connectivity index (χ0n) is 13.1. The van der Waals surface area contributed by atoms with Crippen molar-refractivity contribution in [3.63, 3.8) is 0 Å². The molecule has 0 aliphatic carbocycles. The van der Waals surface area contributed by atoms with Crippen LogP contribution in [-0.2, 0) is 11.4 Å². The molecule has 5 nitrogen and oxygen atoms in total. The van der Waals surface area contributed by atoms with E-state index in [1.165, 1.54) is 13.2 Å². The number of hydrogen-bond donors (Lipinski definition) is 1. The Morgan fingerprint density at radius 2 is 2.04 bits per heavy atom. The van der Waals surface area contributed by atoms with E-state index in [4.69, 9.17) is 43.0 Å². The van der Waals surface area contributed by atoms with Crippen molar-refractivity contribution < 1.29 is 19.4 Å². The summed E-state index contributed by atoms with van der Waals surface area (Å²) in [7, 11) is 1.47. The number of carboxylic acids is 1. The summed E-state index contributed by atoms with van der Waals surface area (Å²) in [4.78, 5) is 11.1. The number of methoxy groups -OCH3 is 1. The van der Waals surface area contributed by atoms with Gasteiger partial charge in [0.2, 0.25) is 0 Å². The molecule has 0 atom stereocenters. The number of carbonyl (C=O) groups is 1. The van der Waals surface area contributed by atoms with E-state index in [-0.39, 0.29) is 6.61 Å². The Bertz CT molecular complexity index is 872. The monoisotopic (exact) mass is 377 g/mol. The van der Waals surface area contributed by atoms with Gasteiger partial charge in [0.25, 0.3) is 0 Å². The lowest BCUT2D eigenvalue weighted by Gasteiger charge is -2.14. The molecule has 1 N–H and O–H groups in total. The number of halogens is 2. The van der Waals surface area contributed by atoms with Gasteiger partial charge in [0.15, 0.2) is 11.5 Å². The summed E-state index contributed by atoms with van der Waals surface area (Å²) >= 11 is 11.9. The van der Waals surface area contributed by atoms with Crippen LogP contribution in [0, 0.1) is 11.3 Å². The maximum atomic E-state index is 11.1. The third-order valence-electron chi connectivity index (χ3n) is 3.25. The second kappa shape index (κ2) is 8.43. The van der Waals surface area contributed by atoms with E-state index in [1.54, 1.807) is 42.5 Å². The van der Waals surface area contributed by atoms with Gasteiger partial charge in [-0.25, -0.2) is 4.79 Å². The first-order valence-electron chi connectivity index (χ1n) is 7.05. The van der Waals surface area contributed by atoms with Gasteiger partial charge in [0, 0.05) is 5.56 Å². The predicted molar refractivity (Wildman–Crippen MR) is 95.0 cm³/mol. The summed E-state index contributed by atoms with van der Waals surface area (Å²) in [5.74, 6) is -0.581. The minimum atomic E-state index is -1.32. The van der Waals surface area contributed by atoms with Crippen molar-refractivity contribution >= 4 is 35.2 Å². The van der Waals surface area contributed by atoms with Gasteiger partial charge in [0.05, 0.1) is 17.2 Å². The second-order valence-electron chi connectivity index (χ2n) is 4.89. The highest BCUT2D eigenvalue weighted by Crippen LogP contribution is 2.33. The van der Waals surface area contributed by atoms with Crippen molar-refractivity contribution in [1.82, 2.24) is 0 Å². The number of benzene rings is 2. The van der Waals surface area contributed by atoms with E-state index < -0.39 is 11.5 Å². The van der Waals surface area contributed by atoms with Crippen LogP contribution in [0.15, 0.2) is 42.0 Å². The van der Waals surface area contributed by atoms with Gasteiger partial charge in [-0.05, 0) is 29.8 Å². The molecule has 0 radical (unpaired) electrons. The number of nitriles is 1. The Morgan fingerprint density at radius 1 is 1.28 bits per heavy atom. The molecule has 0 aliphatic heterocycles. The van der Waals surface area contributed by atoms with Gasteiger partial charge in [0.1, 0.15) is 18.2 Å². The number of aliphatic carboxylic acids is 1. The van der Waals surface area contributed by atoms with Gasteiger partial charge in [-0.2, -0.15) is 5.26 Å². The van der Waals surface area contributed by atoms with Crippen molar-refractivity contribution in [1.29, 1.82) is 5.26 Å². The SMILES string of the molecule is COc1cccc(C=C(C#N)C(=O)O)c1OCc1ccc(Cl)c(Cl)c1. The molecular formula is C18H13Cl2NO4. The third kappa shape index (κ3) is 4.66. The van der Waals surface area contributed by atoms with Crippen molar-refractivity contribution in [3.8, 4) is 17.6 Å². The van der Waals surface area contributed by atoms with Gasteiger partial charge >= 0.3 is 5.97 Å². The molecule has 0 unspecified atom stereocenters. The highest BCUT2D eigenvalue weighted by Gasteiger charge is 2.13. The molecule has 0 saturated heterocycles. The molecule has 0 aliphatic rings. The molecule has 0 spiro atoms. The molecule has 2 rings (SSSR count). The minimum absolute atomic E-state index is 0.160. The number of ether oxygens (including phenoxy) is 2. The number of rotatable bonds is 6. The Balaban J connectivity index is 2.36. The van der Waals surface area contributed by atoms with Crippen LogP contribution in [0.25, 0.3) is 6.08 Å². The Labute approximate surface area is 154 Å². The molecule has 0 aromatic heterocycles. The Hall–Kier alpha value is -2.68. The molecule has 25 heavy (non-hydrogen) atoms. The molecule has 2 aromatic carbocycles. The molecule has 0 saturated carbocycles. The van der Waals surface area contributed by atoms with Gasteiger partial charge in [-0.1, -0.05) is 41.4 Å². The fourth-order valence-electron chi connectivity index (χ4n) is 2.04. The van der Waals surface area contributed by atoms with Crippen molar-refractivity contribution in [3.05, 3.63) is 63.1 Å². The zero-order chi connectivity index (χ0) is 18.4. The van der Waals surface area contributed by atoms with E-state index >= 15 is 0 Å². The summed E-state index contributed by atoms with van der Waals surface area (Å²) in [6, 6.07) is 11.7. The second-order valence-corrected chi connectivity index (χ2v) is 5.71. The van der Waals surface area contributed by atoms with Crippen molar-refractivity contribution in [2.75, 3.05) is 7.11 Å². The molecule has 0 heterocycles. The molecule has 7 heteroatoms. The van der Waals surface area contributed by atoms with Crippen LogP contribution in [0.5, 0.6) is 11.5 Å². The van der Waals surface area contributed by atoms with E-state index in [1.807, 2.05) is 0 Å². The first kappa shape index (κ1) is 18.7. The Kier molecular flexibility index (Phi) is 6.29. The van der Waals surface area contributed by atoms with Gasteiger partial charge < -0.3 is 14.6 Å². The van der Waals surface area contributed by atoms with E-state index in [0.717, 1.165) is 5.56 Å². The summed E-state index contributed by atoms with van der Waals surface area (Å²) < 4.78 is 11.1. The summed E-state index contributed by atoms with van der Waals surface area (Å²) in [5, 5.41) is 18.8. The lowest BCUT2D eigenvalue weighted by molar-refractivity contribution is -0.132. The lowest BCUT2D eigenvalue weighted by atomic mass is 10.1. The van der Waals surface area contributed by atoms with Gasteiger partial charge in [-0.15, -0.1) is 0 Å². The smallest absolute Gasteiger partial charge is 0.346 e. The summed E-state index contributed by atoms with van der Waals surface area (Å²) in [5.41, 5.74) is 0.778. The Morgan fingerprint density at radius 3 is 2.64 bits per heavy atom. The van der Waals surface area contributed by atoms with Crippen LogP contribution in [-0.4, -0.2) is 18.2 Å². The molecule has 128 valence electrons. The maximum Gasteiger partial charge on any atom is 0.346 e. The fourth-order valence-corrected chi connectivity index (χ4v) is 2.36. The average Bonchev–Trinajstić information content (AvgIpc) is 2.60. The van der Waals surface area contributed by atoms with Crippen LogP contribution in [0.4, 0.5) is 0 Å². The van der Waals surface area contributed by atoms with Crippen LogP contribution in [0.2, 0.25) is 10.0 Å². The first-order chi connectivity index (χ1) is 12.0. The molecule has 0 amide bonds. The van der Waals surface area contributed by atoms with Crippen LogP contribution >= 0.6 is 23.2 Å². The quantitative estimate of drug-likeness (QED) is 0.588. The van der Waals surface area contributed by atoms with Crippen LogP contribution in [0.3, 0.4) is 0 Å². The number of para-hydroxylation sites is 1. The van der Waals surface area contributed by atoms with Gasteiger partial charge in [-0.3, -0.25) is 0 Å². The topological polar surface area (TPSA) is 79.5 Å². The fraction of sp³-hybridized carbons (Fsp3) is 0.111. The predicted octanol–water partition coefficient (Wildman–Crippen LogP) is 4.57. The number of nitrogens with zero attached hydrogens (tertiary/aromatic N) is 1. The third-order valence-corrected chi connectivity index (χ3v) is 3.99. The van der Waals surface area contributed by atoms with Crippen LogP contribution < -0.4 is 9.47 Å². The highest BCUT2D eigenvalue weighted by atomic mass is 35.5. The molecule has 2 aromatic rings. The van der Waals surface area contributed by atoms with Crippen molar-refractivity contribution in [2.45, 2.75) is 6.61 Å². The molecule has 0 fully saturated rings. The molecule has 0 bridgehead atoms. The number of carboxylic acid groups (broad SMARTS) is 1. The lowest BCUT2D eigenvalue weighted by Crippen LogP contribution is -2.01. The summed E-state index contributed by atoms with van der Waals surface area (Å²) in [6.45, 7) is 0.160. The molecular weight excluding hydrogens is 365 g/mol. The highest BCUT2D eigenvalue weighted by molar-refractivity contribution is 6.42. The summed E-state index contributed by atoms with van der Waals surface area (Å²) in [6.07, 6.45) is 1.23. The largest absolute Gasteiger partial charge is 0.493 e. The maximum absolute atomic E-state index is 11.1. The first-order valence-corrected chi connectivity index (χ1v) is 7.80. The van der Waals surface area contributed by atoms with Crippen LogP contribution in [0.1, 0.15) is 11.1 Å². The number of hydrogen-bond acceptors (Lipinski definition) is 4. The van der Waals surface area contributed by atoms with E-state index in [9.17, 15) is 4.79 Å². The van der Waals surface area contributed by atoms with E-state index in [0.29, 0.717) is 27.1 Å².